The Kier molecular flexibility index (Phi) is 3.92. The number of carbonyl (C=O) groups excluding carboxylic acids is 1. The van der Waals surface area contributed by atoms with Crippen molar-refractivity contribution in [2.75, 3.05) is 7.05 Å². The van der Waals surface area contributed by atoms with Gasteiger partial charge >= 0.3 is 12.0 Å². The summed E-state index contributed by atoms with van der Waals surface area (Å²) in [6, 6.07) is -0.341. The van der Waals surface area contributed by atoms with Crippen molar-refractivity contribution < 1.29 is 14.7 Å². The Bertz CT molecular complexity index is 236. The van der Waals surface area contributed by atoms with Crippen LogP contribution in [0.2, 0.25) is 0 Å². The van der Waals surface area contributed by atoms with Crippen molar-refractivity contribution in [2.45, 2.75) is 39.3 Å². The normalized spacial score (nSPS) is 11.3. The van der Waals surface area contributed by atoms with Gasteiger partial charge in [-0.25, -0.2) is 9.59 Å². The molecule has 0 aromatic rings. The van der Waals surface area contributed by atoms with E-state index in [4.69, 9.17) is 5.11 Å². The molecular formula is C9H18N2O3. The molecule has 0 saturated heterocycles. The van der Waals surface area contributed by atoms with Crippen molar-refractivity contribution in [3.05, 3.63) is 0 Å². The second-order valence-corrected chi connectivity index (χ2v) is 4.06. The van der Waals surface area contributed by atoms with E-state index in [1.54, 1.807) is 7.05 Å². The van der Waals surface area contributed by atoms with Crippen molar-refractivity contribution in [2.24, 2.45) is 0 Å². The molecule has 2 N–H and O–H groups in total. The molecule has 5 nitrogen and oxygen atoms in total. The van der Waals surface area contributed by atoms with E-state index in [1.807, 2.05) is 13.8 Å². The van der Waals surface area contributed by atoms with E-state index in [2.05, 4.69) is 5.32 Å². The minimum Gasteiger partial charge on any atom is -0.480 e. The van der Waals surface area contributed by atoms with E-state index in [0.29, 0.717) is 0 Å². The molecular weight excluding hydrogens is 184 g/mol. The van der Waals surface area contributed by atoms with E-state index >= 15 is 0 Å². The average molecular weight is 202 g/mol. The molecule has 0 unspecified atom stereocenters. The highest BCUT2D eigenvalue weighted by Gasteiger charge is 2.30. The number of aliphatic carboxylic acids is 1. The van der Waals surface area contributed by atoms with Crippen LogP contribution in [0, 0.1) is 0 Å². The summed E-state index contributed by atoms with van der Waals surface area (Å²) in [6.07, 6.45) is 0. The summed E-state index contributed by atoms with van der Waals surface area (Å²) < 4.78 is 0. The summed E-state index contributed by atoms with van der Waals surface area (Å²) in [4.78, 5) is 23.6. The second kappa shape index (κ2) is 4.30. The van der Waals surface area contributed by atoms with Crippen LogP contribution in [0.3, 0.4) is 0 Å². The number of carboxylic acid groups (broad SMARTS) is 1. The Balaban J connectivity index is 4.40. The average Bonchev–Trinajstić information content (AvgIpc) is 2.01. The Morgan fingerprint density at radius 1 is 1.36 bits per heavy atom. The fourth-order valence-electron chi connectivity index (χ4n) is 0.643. The number of hydrogen-bond acceptors (Lipinski definition) is 2. The van der Waals surface area contributed by atoms with Gasteiger partial charge in [-0.3, -0.25) is 0 Å². The van der Waals surface area contributed by atoms with E-state index in [0.717, 1.165) is 0 Å². The maximum Gasteiger partial charge on any atom is 0.328 e. The van der Waals surface area contributed by atoms with Gasteiger partial charge in [-0.15, -0.1) is 0 Å². The summed E-state index contributed by atoms with van der Waals surface area (Å²) >= 11 is 0. The van der Waals surface area contributed by atoms with E-state index in [1.165, 1.54) is 18.7 Å². The van der Waals surface area contributed by atoms with Crippen LogP contribution in [0.5, 0.6) is 0 Å². The van der Waals surface area contributed by atoms with Gasteiger partial charge in [0.2, 0.25) is 0 Å². The monoisotopic (exact) mass is 202 g/mol. The third-order valence-corrected chi connectivity index (χ3v) is 2.05. The maximum absolute atomic E-state index is 11.5. The lowest BCUT2D eigenvalue weighted by Gasteiger charge is -2.27. The van der Waals surface area contributed by atoms with Gasteiger partial charge in [-0.1, -0.05) is 0 Å². The molecule has 2 amide bonds. The third kappa shape index (κ3) is 3.24. The summed E-state index contributed by atoms with van der Waals surface area (Å²) in [5.74, 6) is -1.05. The van der Waals surface area contributed by atoms with E-state index < -0.39 is 11.5 Å². The molecule has 0 rings (SSSR count). The van der Waals surface area contributed by atoms with Gasteiger partial charge in [-0.05, 0) is 27.7 Å². The molecule has 5 heteroatoms. The molecule has 82 valence electrons. The molecule has 0 radical (unpaired) electrons. The number of nitrogens with zero attached hydrogens (tertiary/aromatic N) is 1. The lowest BCUT2D eigenvalue weighted by Crippen LogP contribution is -2.54. The van der Waals surface area contributed by atoms with Crippen LogP contribution in [-0.2, 0) is 4.79 Å². The first-order chi connectivity index (χ1) is 6.18. The first kappa shape index (κ1) is 12.7. The number of carboxylic acids is 1. The van der Waals surface area contributed by atoms with Crippen molar-refractivity contribution >= 4 is 12.0 Å². The molecule has 0 heterocycles. The SMILES string of the molecule is CC(C)N(C)C(=O)NC(C)(C)C(=O)O. The van der Waals surface area contributed by atoms with Crippen LogP contribution in [-0.4, -0.2) is 40.6 Å². The van der Waals surface area contributed by atoms with Crippen LogP contribution in [0.15, 0.2) is 0 Å². The number of amides is 2. The topological polar surface area (TPSA) is 69.6 Å². The first-order valence-corrected chi connectivity index (χ1v) is 4.47. The Morgan fingerprint density at radius 2 is 1.79 bits per heavy atom. The summed E-state index contributed by atoms with van der Waals surface area (Å²) in [6.45, 7) is 6.60. The fourth-order valence-corrected chi connectivity index (χ4v) is 0.643. The maximum atomic E-state index is 11.5. The molecule has 0 saturated carbocycles. The molecule has 14 heavy (non-hydrogen) atoms. The van der Waals surface area contributed by atoms with Gasteiger partial charge in [0, 0.05) is 13.1 Å². The van der Waals surface area contributed by atoms with Gasteiger partial charge in [0.15, 0.2) is 0 Å². The second-order valence-electron chi connectivity index (χ2n) is 4.06. The lowest BCUT2D eigenvalue weighted by atomic mass is 10.1. The van der Waals surface area contributed by atoms with Crippen molar-refractivity contribution in [1.29, 1.82) is 0 Å². The molecule has 0 aliphatic heterocycles. The smallest absolute Gasteiger partial charge is 0.328 e. The molecule has 0 atom stereocenters. The zero-order chi connectivity index (χ0) is 11.5. The summed E-state index contributed by atoms with van der Waals surface area (Å²) in [5.41, 5.74) is -1.24. The van der Waals surface area contributed by atoms with Gasteiger partial charge in [-0.2, -0.15) is 0 Å². The quantitative estimate of drug-likeness (QED) is 0.714. The van der Waals surface area contributed by atoms with Gasteiger partial charge in [0.1, 0.15) is 5.54 Å². The third-order valence-electron chi connectivity index (χ3n) is 2.05. The molecule has 0 bridgehead atoms. The van der Waals surface area contributed by atoms with Crippen LogP contribution in [0.4, 0.5) is 4.79 Å². The van der Waals surface area contributed by atoms with Gasteiger partial charge in [0.25, 0.3) is 0 Å². The summed E-state index contributed by atoms with van der Waals surface area (Å²) in [7, 11) is 1.62. The first-order valence-electron chi connectivity index (χ1n) is 4.47. The van der Waals surface area contributed by atoms with E-state index in [9.17, 15) is 9.59 Å². The number of urea groups is 1. The lowest BCUT2D eigenvalue weighted by molar-refractivity contribution is -0.143. The van der Waals surface area contributed by atoms with Crippen molar-refractivity contribution in [1.82, 2.24) is 10.2 Å². The Morgan fingerprint density at radius 3 is 2.07 bits per heavy atom. The summed E-state index contributed by atoms with van der Waals surface area (Å²) in [5, 5.41) is 11.2. The predicted octanol–water partition coefficient (Wildman–Crippen LogP) is 0.899. The highest BCUT2D eigenvalue weighted by Crippen LogP contribution is 2.04. The Hall–Kier alpha value is -1.26. The fraction of sp³-hybridized carbons (Fsp3) is 0.778. The molecule has 0 aliphatic rings. The number of rotatable bonds is 3. The van der Waals surface area contributed by atoms with Crippen LogP contribution < -0.4 is 5.32 Å². The molecule has 0 fully saturated rings. The molecule has 0 aliphatic carbocycles. The molecule has 0 aromatic heterocycles. The molecule has 0 aromatic carbocycles. The van der Waals surface area contributed by atoms with Crippen LogP contribution in [0.1, 0.15) is 27.7 Å². The minimum absolute atomic E-state index is 0.0413. The van der Waals surface area contributed by atoms with Crippen molar-refractivity contribution in [3.8, 4) is 0 Å². The number of carbonyl (C=O) groups is 2. The standard InChI is InChI=1S/C9H18N2O3/c1-6(2)11(5)8(14)10-9(3,4)7(12)13/h6H,1-5H3,(H,10,14)(H,12,13). The highest BCUT2D eigenvalue weighted by molar-refractivity contribution is 5.85. The number of hydrogen-bond donors (Lipinski definition) is 2. The largest absolute Gasteiger partial charge is 0.480 e. The van der Waals surface area contributed by atoms with Crippen LogP contribution >= 0.6 is 0 Å². The van der Waals surface area contributed by atoms with Crippen molar-refractivity contribution in [3.63, 3.8) is 0 Å². The highest BCUT2D eigenvalue weighted by atomic mass is 16.4. The van der Waals surface area contributed by atoms with Crippen LogP contribution in [0.25, 0.3) is 0 Å². The minimum atomic E-state index is -1.24. The molecule has 0 spiro atoms. The van der Waals surface area contributed by atoms with Gasteiger partial charge in [0.05, 0.1) is 0 Å². The zero-order valence-electron chi connectivity index (χ0n) is 9.29. The number of nitrogens with one attached hydrogen (secondary N) is 1. The predicted molar refractivity (Wildman–Crippen MR) is 53.1 cm³/mol. The Labute approximate surface area is 84.1 Å². The zero-order valence-corrected chi connectivity index (χ0v) is 9.29. The van der Waals surface area contributed by atoms with E-state index in [-0.39, 0.29) is 12.1 Å². The van der Waals surface area contributed by atoms with Gasteiger partial charge < -0.3 is 15.3 Å².